The first kappa shape index (κ1) is 18.1. The van der Waals surface area contributed by atoms with Crippen LogP contribution < -0.4 is 14.8 Å². The summed E-state index contributed by atoms with van der Waals surface area (Å²) in [6.45, 7) is 0.602. The zero-order valence-electron chi connectivity index (χ0n) is 14.0. The minimum atomic E-state index is -4.35. The molecule has 0 bridgehead atoms. The van der Waals surface area contributed by atoms with Crippen molar-refractivity contribution < 1.29 is 27.4 Å². The Hall–Kier alpha value is -2.74. The number of benzene rings is 2. The molecule has 2 aromatic carbocycles. The van der Waals surface area contributed by atoms with Crippen LogP contribution in [-0.2, 0) is 17.5 Å². The molecule has 1 aliphatic rings. The van der Waals surface area contributed by atoms with Gasteiger partial charge in [-0.1, -0.05) is 12.1 Å². The summed E-state index contributed by atoms with van der Waals surface area (Å²) in [5.41, 5.74) is 0.586. The predicted molar refractivity (Wildman–Crippen MR) is 89.0 cm³/mol. The number of rotatable bonds is 5. The first-order valence-corrected chi connectivity index (χ1v) is 7.85. The first-order valence-electron chi connectivity index (χ1n) is 7.85. The van der Waals surface area contributed by atoms with Crippen LogP contribution >= 0.6 is 0 Å². The summed E-state index contributed by atoms with van der Waals surface area (Å²) in [4.78, 5) is 13.8. The molecule has 1 N–H and O–H groups in total. The highest BCUT2D eigenvalue weighted by molar-refractivity contribution is 5.92. The summed E-state index contributed by atoms with van der Waals surface area (Å²) in [5, 5.41) is 2.75. The molecule has 0 aromatic heterocycles. The molecule has 138 valence electrons. The van der Waals surface area contributed by atoms with Gasteiger partial charge in [-0.25, -0.2) is 0 Å². The number of halogens is 3. The summed E-state index contributed by atoms with van der Waals surface area (Å²) < 4.78 is 48.1. The van der Waals surface area contributed by atoms with Gasteiger partial charge in [-0.05, 0) is 36.9 Å². The molecule has 2 aromatic rings. The normalized spacial score (nSPS) is 13.1. The van der Waals surface area contributed by atoms with Crippen molar-refractivity contribution in [2.45, 2.75) is 12.7 Å². The lowest BCUT2D eigenvalue weighted by Crippen LogP contribution is -2.29. The van der Waals surface area contributed by atoms with E-state index in [1.54, 1.807) is 30.1 Å². The van der Waals surface area contributed by atoms with Crippen LogP contribution in [0, 0.1) is 0 Å². The molecule has 0 spiro atoms. The molecule has 0 unspecified atom stereocenters. The molecular weight excluding hydrogens is 349 g/mol. The summed E-state index contributed by atoms with van der Waals surface area (Å²) in [7, 11) is 1.72. The average molecular weight is 366 g/mol. The van der Waals surface area contributed by atoms with E-state index >= 15 is 0 Å². The Kier molecular flexibility index (Phi) is 5.03. The number of nitrogens with one attached hydrogen (secondary N) is 1. The fourth-order valence-electron chi connectivity index (χ4n) is 2.59. The maximum atomic E-state index is 12.6. The van der Waals surface area contributed by atoms with Crippen molar-refractivity contribution in [2.24, 2.45) is 0 Å². The van der Waals surface area contributed by atoms with Crippen molar-refractivity contribution in [3.8, 4) is 11.5 Å². The van der Waals surface area contributed by atoms with E-state index < -0.39 is 11.7 Å². The Bertz CT molecular complexity index is 791. The number of amides is 1. The van der Waals surface area contributed by atoms with Crippen LogP contribution in [0.15, 0.2) is 42.5 Å². The van der Waals surface area contributed by atoms with Crippen molar-refractivity contribution in [2.75, 3.05) is 25.7 Å². The lowest BCUT2D eigenvalue weighted by atomic mass is 10.1. The summed E-state index contributed by atoms with van der Waals surface area (Å²) >= 11 is 0. The number of ether oxygens (including phenoxy) is 2. The van der Waals surface area contributed by atoms with E-state index in [1.807, 2.05) is 0 Å². The molecule has 0 saturated heterocycles. The van der Waals surface area contributed by atoms with Crippen molar-refractivity contribution in [3.05, 3.63) is 53.6 Å². The number of likely N-dealkylation sites (N-methyl/N-ethyl adjacent to an activating group) is 1. The zero-order valence-corrected chi connectivity index (χ0v) is 14.0. The van der Waals surface area contributed by atoms with E-state index in [9.17, 15) is 18.0 Å². The third kappa shape index (κ3) is 4.45. The van der Waals surface area contributed by atoms with Crippen molar-refractivity contribution in [1.29, 1.82) is 0 Å². The minimum Gasteiger partial charge on any atom is -0.454 e. The Morgan fingerprint density at radius 2 is 1.81 bits per heavy atom. The highest BCUT2D eigenvalue weighted by Crippen LogP contribution is 2.34. The molecule has 1 aliphatic heterocycles. The number of nitrogens with zero attached hydrogens (tertiary/aromatic N) is 1. The highest BCUT2D eigenvalue weighted by Gasteiger charge is 2.29. The second-order valence-electron chi connectivity index (χ2n) is 5.98. The van der Waals surface area contributed by atoms with Crippen LogP contribution in [0.25, 0.3) is 0 Å². The number of carbonyl (C=O) groups is 1. The van der Waals surface area contributed by atoms with Gasteiger partial charge in [0.15, 0.2) is 11.5 Å². The number of carbonyl (C=O) groups excluding carboxylic acids is 1. The quantitative estimate of drug-likeness (QED) is 0.880. The third-order valence-corrected chi connectivity index (χ3v) is 3.80. The summed E-state index contributed by atoms with van der Waals surface area (Å²) in [6, 6.07) is 10.00. The predicted octanol–water partition coefficient (Wildman–Crippen LogP) is 3.50. The van der Waals surface area contributed by atoms with Gasteiger partial charge in [0.05, 0.1) is 12.1 Å². The molecular formula is C18H17F3N2O3. The molecule has 0 radical (unpaired) electrons. The van der Waals surface area contributed by atoms with E-state index in [0.717, 1.165) is 12.1 Å². The van der Waals surface area contributed by atoms with Crippen LogP contribution in [0.1, 0.15) is 11.1 Å². The number of hydrogen-bond donors (Lipinski definition) is 1. The molecule has 0 atom stereocenters. The smallest absolute Gasteiger partial charge is 0.416 e. The van der Waals surface area contributed by atoms with Crippen LogP contribution in [0.2, 0.25) is 0 Å². The molecule has 0 fully saturated rings. The second kappa shape index (κ2) is 7.25. The van der Waals surface area contributed by atoms with Gasteiger partial charge in [-0.15, -0.1) is 0 Å². The molecule has 5 nitrogen and oxygen atoms in total. The molecule has 1 heterocycles. The number of hydrogen-bond acceptors (Lipinski definition) is 4. The first-order chi connectivity index (χ1) is 12.3. The van der Waals surface area contributed by atoms with Gasteiger partial charge in [-0.2, -0.15) is 13.2 Å². The summed E-state index contributed by atoms with van der Waals surface area (Å²) in [6.07, 6.45) is -4.35. The largest absolute Gasteiger partial charge is 0.454 e. The van der Waals surface area contributed by atoms with E-state index in [1.165, 1.54) is 12.1 Å². The minimum absolute atomic E-state index is 0.0927. The fourth-order valence-corrected chi connectivity index (χ4v) is 2.59. The maximum absolute atomic E-state index is 12.6. The zero-order chi connectivity index (χ0) is 18.7. The Labute approximate surface area is 148 Å². The second-order valence-corrected chi connectivity index (χ2v) is 5.98. The molecule has 0 aliphatic carbocycles. The third-order valence-electron chi connectivity index (χ3n) is 3.80. The molecule has 8 heteroatoms. The number of anilines is 1. The van der Waals surface area contributed by atoms with Crippen LogP contribution in [0.4, 0.5) is 18.9 Å². The van der Waals surface area contributed by atoms with E-state index in [-0.39, 0.29) is 19.2 Å². The van der Waals surface area contributed by atoms with Gasteiger partial charge in [0.1, 0.15) is 0 Å². The van der Waals surface area contributed by atoms with Crippen LogP contribution in [-0.4, -0.2) is 31.2 Å². The molecule has 26 heavy (non-hydrogen) atoms. The van der Waals surface area contributed by atoms with Crippen LogP contribution in [0.3, 0.4) is 0 Å². The van der Waals surface area contributed by atoms with Gasteiger partial charge in [0.25, 0.3) is 0 Å². The monoisotopic (exact) mass is 366 g/mol. The lowest BCUT2D eigenvalue weighted by Gasteiger charge is -2.17. The standard InChI is InChI=1S/C18H17F3N2O3/c1-23(9-12-2-4-13(5-3-12)18(19,20)21)10-17(24)22-14-6-7-15-16(8-14)26-11-25-15/h2-8H,9-11H2,1H3,(H,22,24). The van der Waals surface area contributed by atoms with Crippen molar-refractivity contribution in [1.82, 2.24) is 4.90 Å². The number of alkyl halides is 3. The van der Waals surface area contributed by atoms with Gasteiger partial charge in [0, 0.05) is 18.3 Å². The Morgan fingerprint density at radius 1 is 1.12 bits per heavy atom. The molecule has 3 rings (SSSR count). The van der Waals surface area contributed by atoms with E-state index in [0.29, 0.717) is 29.3 Å². The van der Waals surface area contributed by atoms with Crippen molar-refractivity contribution >= 4 is 11.6 Å². The summed E-state index contributed by atoms with van der Waals surface area (Å²) in [5.74, 6) is 0.960. The Morgan fingerprint density at radius 3 is 2.50 bits per heavy atom. The van der Waals surface area contributed by atoms with E-state index in [4.69, 9.17) is 9.47 Å². The average Bonchev–Trinajstić information content (AvgIpc) is 3.01. The van der Waals surface area contributed by atoms with Gasteiger partial charge in [0.2, 0.25) is 12.7 Å². The molecule has 0 saturated carbocycles. The van der Waals surface area contributed by atoms with Crippen molar-refractivity contribution in [3.63, 3.8) is 0 Å². The maximum Gasteiger partial charge on any atom is 0.416 e. The number of fused-ring (bicyclic) bond motifs is 1. The SMILES string of the molecule is CN(CC(=O)Nc1ccc2c(c1)OCO2)Cc1ccc(C(F)(F)F)cc1. The van der Waals surface area contributed by atoms with Gasteiger partial charge in [-0.3, -0.25) is 9.69 Å². The van der Waals surface area contributed by atoms with E-state index in [2.05, 4.69) is 5.32 Å². The highest BCUT2D eigenvalue weighted by atomic mass is 19.4. The topological polar surface area (TPSA) is 50.8 Å². The molecule has 1 amide bonds. The fraction of sp³-hybridized carbons (Fsp3) is 0.278. The lowest BCUT2D eigenvalue weighted by molar-refractivity contribution is -0.137. The Balaban J connectivity index is 1.52. The van der Waals surface area contributed by atoms with Gasteiger partial charge >= 0.3 is 6.18 Å². The van der Waals surface area contributed by atoms with Gasteiger partial charge < -0.3 is 14.8 Å². The van der Waals surface area contributed by atoms with Crippen LogP contribution in [0.5, 0.6) is 11.5 Å².